The van der Waals surface area contributed by atoms with Crippen LogP contribution in [-0.4, -0.2) is 27.4 Å². The molecule has 0 saturated heterocycles. The van der Waals surface area contributed by atoms with Crippen molar-refractivity contribution in [3.05, 3.63) is 89.6 Å². The predicted molar refractivity (Wildman–Crippen MR) is 137 cm³/mol. The van der Waals surface area contributed by atoms with E-state index in [-0.39, 0.29) is 5.75 Å². The third-order valence-corrected chi connectivity index (χ3v) is 6.59. The number of aryl methyl sites for hydroxylation is 2. The second-order valence-corrected chi connectivity index (χ2v) is 9.57. The van der Waals surface area contributed by atoms with Crippen LogP contribution in [0.2, 0.25) is 0 Å². The van der Waals surface area contributed by atoms with Crippen LogP contribution >= 0.6 is 11.3 Å². The number of aromatic nitrogens is 3. The first-order valence-corrected chi connectivity index (χ1v) is 12.3. The van der Waals surface area contributed by atoms with E-state index in [0.717, 1.165) is 46.5 Å². The van der Waals surface area contributed by atoms with Gasteiger partial charge >= 0.3 is 6.36 Å². The van der Waals surface area contributed by atoms with Gasteiger partial charge in [0, 0.05) is 23.8 Å². The molecule has 36 heavy (non-hydrogen) atoms. The van der Waals surface area contributed by atoms with Crippen molar-refractivity contribution in [2.24, 2.45) is 0 Å². The first kappa shape index (κ1) is 23.9. The molecule has 0 amide bonds. The van der Waals surface area contributed by atoms with E-state index in [1.165, 1.54) is 22.6 Å². The van der Waals surface area contributed by atoms with E-state index < -0.39 is 6.36 Å². The number of ether oxygens (including phenoxy) is 1. The van der Waals surface area contributed by atoms with E-state index in [1.54, 1.807) is 23.5 Å². The zero-order valence-electron chi connectivity index (χ0n) is 19.4. The predicted octanol–water partition coefficient (Wildman–Crippen LogP) is 7.40. The Labute approximate surface area is 210 Å². The normalized spacial score (nSPS) is 11.7. The molecule has 1 N–H and O–H groups in total. The van der Waals surface area contributed by atoms with Crippen molar-refractivity contribution < 1.29 is 17.9 Å². The molecule has 0 radical (unpaired) electrons. The quantitative estimate of drug-likeness (QED) is 0.222. The number of thiophene rings is 1. The number of anilines is 1. The molecule has 2 aromatic carbocycles. The molecule has 5 nitrogen and oxygen atoms in total. The summed E-state index contributed by atoms with van der Waals surface area (Å²) >= 11 is 1.65. The van der Waals surface area contributed by atoms with Gasteiger partial charge in [-0.05, 0) is 66.8 Å². The van der Waals surface area contributed by atoms with E-state index in [4.69, 9.17) is 9.97 Å². The molecule has 0 bridgehead atoms. The van der Waals surface area contributed by atoms with Gasteiger partial charge in [0.05, 0.1) is 5.39 Å². The Hall–Kier alpha value is -3.85. The van der Waals surface area contributed by atoms with Crippen molar-refractivity contribution in [1.82, 2.24) is 14.5 Å². The maximum absolute atomic E-state index is 12.3. The fourth-order valence-electron chi connectivity index (χ4n) is 3.96. The summed E-state index contributed by atoms with van der Waals surface area (Å²) in [6.45, 7) is 2.83. The third kappa shape index (κ3) is 5.68. The summed E-state index contributed by atoms with van der Waals surface area (Å²) in [5, 5.41) is 4.51. The first-order chi connectivity index (χ1) is 17.3. The Kier molecular flexibility index (Phi) is 6.65. The highest BCUT2D eigenvalue weighted by atomic mass is 32.1. The number of rotatable bonds is 8. The Bertz CT molecular complexity index is 1440. The van der Waals surface area contributed by atoms with E-state index in [2.05, 4.69) is 23.0 Å². The number of nitrogens with one attached hydrogen (secondary N) is 1. The zero-order chi connectivity index (χ0) is 25.1. The molecular weight excluding hydrogens is 485 g/mol. The van der Waals surface area contributed by atoms with Gasteiger partial charge in [0.15, 0.2) is 0 Å². The van der Waals surface area contributed by atoms with Crippen molar-refractivity contribution in [1.29, 1.82) is 0 Å². The summed E-state index contributed by atoms with van der Waals surface area (Å²) in [5.74, 6) is 1.25. The second-order valence-electron chi connectivity index (χ2n) is 8.34. The number of benzene rings is 2. The maximum Gasteiger partial charge on any atom is 0.573 e. The van der Waals surface area contributed by atoms with E-state index >= 15 is 0 Å². The molecule has 0 aliphatic rings. The van der Waals surface area contributed by atoms with Gasteiger partial charge in [-0.25, -0.2) is 4.98 Å². The van der Waals surface area contributed by atoms with Gasteiger partial charge in [-0.1, -0.05) is 36.4 Å². The summed E-state index contributed by atoms with van der Waals surface area (Å²) < 4.78 is 42.9. The number of nitrogens with zero attached hydrogens (tertiary/aromatic N) is 3. The van der Waals surface area contributed by atoms with Gasteiger partial charge in [-0.15, -0.1) is 24.5 Å². The van der Waals surface area contributed by atoms with Gasteiger partial charge in [-0.2, -0.15) is 4.98 Å². The zero-order valence-corrected chi connectivity index (χ0v) is 20.2. The van der Waals surface area contributed by atoms with Crippen LogP contribution in [0.5, 0.6) is 5.75 Å². The Morgan fingerprint density at radius 2 is 1.61 bits per heavy atom. The van der Waals surface area contributed by atoms with Gasteiger partial charge in [-0.3, -0.25) is 4.57 Å². The van der Waals surface area contributed by atoms with Gasteiger partial charge < -0.3 is 10.1 Å². The minimum Gasteiger partial charge on any atom is -0.406 e. The summed E-state index contributed by atoms with van der Waals surface area (Å²) in [5.41, 5.74) is 2.95. The SMILES string of the molecule is Cc1cc2c(NCCCc3ccc(-c4ccc(OC(F)(F)F)cc4)cc3)nc(-n3cccc3)nc2s1. The largest absolute Gasteiger partial charge is 0.573 e. The molecule has 0 spiro atoms. The van der Waals surface area contributed by atoms with Crippen LogP contribution in [0.1, 0.15) is 16.9 Å². The average Bonchev–Trinajstić information content (AvgIpc) is 3.51. The van der Waals surface area contributed by atoms with Gasteiger partial charge in [0.2, 0.25) is 5.95 Å². The molecule has 3 aromatic heterocycles. The van der Waals surface area contributed by atoms with E-state index in [0.29, 0.717) is 5.95 Å². The summed E-state index contributed by atoms with van der Waals surface area (Å²) in [7, 11) is 0. The van der Waals surface area contributed by atoms with Crippen molar-refractivity contribution in [3.63, 3.8) is 0 Å². The Morgan fingerprint density at radius 1 is 0.944 bits per heavy atom. The second kappa shape index (κ2) is 10.0. The Morgan fingerprint density at radius 3 is 2.28 bits per heavy atom. The molecule has 184 valence electrons. The molecule has 0 aliphatic heterocycles. The minimum absolute atomic E-state index is 0.227. The standard InChI is InChI=1S/C27H23F3N4OS/c1-18-17-23-24(32-26(33-25(23)36-18)34-15-2-3-16-34)31-14-4-5-19-6-8-20(9-7-19)21-10-12-22(13-11-21)35-27(28,29)30/h2-3,6-13,15-17H,4-5,14H2,1H3,(H,31,32,33). The molecule has 0 fully saturated rings. The van der Waals surface area contributed by atoms with Gasteiger partial charge in [0.1, 0.15) is 16.4 Å². The molecular formula is C27H23F3N4OS. The molecule has 0 atom stereocenters. The smallest absolute Gasteiger partial charge is 0.406 e. The molecule has 0 saturated carbocycles. The number of hydrogen-bond acceptors (Lipinski definition) is 5. The van der Waals surface area contributed by atoms with Crippen LogP contribution in [0.3, 0.4) is 0 Å². The molecule has 0 unspecified atom stereocenters. The highest BCUT2D eigenvalue weighted by Gasteiger charge is 2.30. The number of alkyl halides is 3. The van der Waals surface area contributed by atoms with Crippen LogP contribution in [-0.2, 0) is 6.42 Å². The van der Waals surface area contributed by atoms with Crippen molar-refractivity contribution in [2.75, 3.05) is 11.9 Å². The molecule has 9 heteroatoms. The van der Waals surface area contributed by atoms with Crippen molar-refractivity contribution >= 4 is 27.4 Å². The highest BCUT2D eigenvalue weighted by Crippen LogP contribution is 2.30. The lowest BCUT2D eigenvalue weighted by Gasteiger charge is -2.10. The monoisotopic (exact) mass is 508 g/mol. The number of hydrogen-bond donors (Lipinski definition) is 1. The Balaban J connectivity index is 1.20. The van der Waals surface area contributed by atoms with Crippen molar-refractivity contribution in [2.45, 2.75) is 26.1 Å². The van der Waals surface area contributed by atoms with Crippen molar-refractivity contribution in [3.8, 4) is 22.8 Å². The first-order valence-electron chi connectivity index (χ1n) is 11.4. The van der Waals surface area contributed by atoms with Crippen LogP contribution in [0.15, 0.2) is 79.1 Å². The molecule has 3 heterocycles. The average molecular weight is 509 g/mol. The minimum atomic E-state index is -4.69. The number of fused-ring (bicyclic) bond motifs is 1. The van der Waals surface area contributed by atoms with E-state index in [1.807, 2.05) is 53.4 Å². The van der Waals surface area contributed by atoms with Crippen LogP contribution in [0.4, 0.5) is 19.0 Å². The van der Waals surface area contributed by atoms with Gasteiger partial charge in [0.25, 0.3) is 0 Å². The molecule has 5 aromatic rings. The summed E-state index contributed by atoms with van der Waals surface area (Å²) in [4.78, 5) is 11.6. The van der Waals surface area contributed by atoms with E-state index in [9.17, 15) is 13.2 Å². The van der Waals surface area contributed by atoms with Crippen LogP contribution < -0.4 is 10.1 Å². The molecule has 0 aliphatic carbocycles. The van der Waals surface area contributed by atoms with Crippen LogP contribution in [0, 0.1) is 6.92 Å². The fourth-order valence-corrected chi connectivity index (χ4v) is 4.84. The topological polar surface area (TPSA) is 52.0 Å². The fraction of sp³-hybridized carbons (Fsp3) is 0.185. The van der Waals surface area contributed by atoms with Crippen LogP contribution in [0.25, 0.3) is 27.3 Å². The summed E-state index contributed by atoms with van der Waals surface area (Å²) in [6.07, 6.45) is 0.966. The molecule has 5 rings (SSSR count). The number of halogens is 3. The maximum atomic E-state index is 12.3. The summed E-state index contributed by atoms with van der Waals surface area (Å²) in [6, 6.07) is 19.9. The third-order valence-electron chi connectivity index (χ3n) is 5.65. The lowest BCUT2D eigenvalue weighted by molar-refractivity contribution is -0.274. The lowest BCUT2D eigenvalue weighted by Crippen LogP contribution is -2.16. The lowest BCUT2D eigenvalue weighted by atomic mass is 10.0. The highest BCUT2D eigenvalue weighted by molar-refractivity contribution is 7.18.